The Balaban J connectivity index is 2.47. The van der Waals surface area contributed by atoms with Crippen molar-refractivity contribution in [2.24, 2.45) is 0 Å². The van der Waals surface area contributed by atoms with Crippen LogP contribution in [0.15, 0.2) is 0 Å². The van der Waals surface area contributed by atoms with Crippen molar-refractivity contribution < 1.29 is 9.90 Å². The van der Waals surface area contributed by atoms with E-state index in [9.17, 15) is 9.90 Å². The Morgan fingerprint density at radius 2 is 2.55 bits per heavy atom. The maximum absolute atomic E-state index is 10.7. The van der Waals surface area contributed by atoms with Gasteiger partial charge >= 0.3 is 0 Å². The molecule has 3 heteroatoms. The lowest BCUT2D eigenvalue weighted by molar-refractivity contribution is -0.119. The molecule has 0 bridgehead atoms. The average Bonchev–Trinajstić information content (AvgIpc) is 2.36. The number of hydrogen-bond donors (Lipinski definition) is 2. The van der Waals surface area contributed by atoms with Crippen molar-refractivity contribution in [2.45, 2.75) is 31.9 Å². The van der Waals surface area contributed by atoms with Gasteiger partial charge < -0.3 is 10.4 Å². The number of nitrogens with one attached hydrogen (secondary N) is 1. The number of aliphatic hydroxyl groups is 1. The average molecular weight is 153 g/mol. The molecule has 1 rings (SSSR count). The highest BCUT2D eigenvalue weighted by Crippen LogP contribution is 2.09. The third-order valence-corrected chi connectivity index (χ3v) is 1.70. The van der Waals surface area contributed by atoms with Crippen LogP contribution >= 0.6 is 0 Å². The molecule has 1 aliphatic rings. The summed E-state index contributed by atoms with van der Waals surface area (Å²) in [6.07, 6.45) is 0.494. The maximum Gasteiger partial charge on any atom is 0.220 e. The van der Waals surface area contributed by atoms with E-state index in [2.05, 4.69) is 17.2 Å². The molecule has 1 saturated heterocycles. The molecule has 0 aromatic carbocycles. The van der Waals surface area contributed by atoms with Crippen LogP contribution in [0.5, 0.6) is 0 Å². The first-order valence-corrected chi connectivity index (χ1v) is 3.63. The van der Waals surface area contributed by atoms with E-state index in [1.807, 2.05) is 0 Å². The highest BCUT2D eigenvalue weighted by molar-refractivity contribution is 5.78. The molecule has 3 nitrogen and oxygen atoms in total. The van der Waals surface area contributed by atoms with Gasteiger partial charge in [0.2, 0.25) is 5.91 Å². The molecule has 1 heterocycles. The molecule has 0 aromatic heterocycles. The molecule has 0 aromatic rings. The quantitative estimate of drug-likeness (QED) is 0.506. The topological polar surface area (TPSA) is 49.3 Å². The van der Waals surface area contributed by atoms with E-state index in [1.165, 1.54) is 0 Å². The van der Waals surface area contributed by atoms with Gasteiger partial charge in [0, 0.05) is 6.42 Å². The number of aliphatic hydroxyl groups excluding tert-OH is 1. The minimum atomic E-state index is -0.702. The summed E-state index contributed by atoms with van der Waals surface area (Å²) in [6, 6.07) is -0.157. The van der Waals surface area contributed by atoms with Gasteiger partial charge in [-0.05, 0) is 13.3 Å². The van der Waals surface area contributed by atoms with Gasteiger partial charge in [-0.25, -0.2) is 0 Å². The zero-order valence-electron chi connectivity index (χ0n) is 6.42. The molecule has 0 saturated carbocycles. The van der Waals surface area contributed by atoms with E-state index in [-0.39, 0.29) is 11.9 Å². The zero-order valence-corrected chi connectivity index (χ0v) is 6.42. The number of hydrogen-bond acceptors (Lipinski definition) is 2. The molecule has 0 aliphatic carbocycles. The SMILES string of the molecule is CC#CC(O)C1CCC(=O)N1. The lowest BCUT2D eigenvalue weighted by atomic mass is 10.1. The van der Waals surface area contributed by atoms with Gasteiger partial charge in [-0.2, -0.15) is 0 Å². The first kappa shape index (κ1) is 8.09. The summed E-state index contributed by atoms with van der Waals surface area (Å²) in [5.74, 6) is 5.21. The predicted molar refractivity (Wildman–Crippen MR) is 40.6 cm³/mol. The molecule has 2 N–H and O–H groups in total. The normalized spacial score (nSPS) is 25.3. The fourth-order valence-corrected chi connectivity index (χ4v) is 1.12. The van der Waals surface area contributed by atoms with Gasteiger partial charge in [-0.3, -0.25) is 4.79 Å². The van der Waals surface area contributed by atoms with E-state index in [0.29, 0.717) is 12.8 Å². The predicted octanol–water partition coefficient (Wildman–Crippen LogP) is -0.351. The second kappa shape index (κ2) is 3.40. The third-order valence-electron chi connectivity index (χ3n) is 1.70. The fourth-order valence-electron chi connectivity index (χ4n) is 1.12. The van der Waals surface area contributed by atoms with Crippen LogP contribution < -0.4 is 5.32 Å². The molecule has 1 amide bonds. The number of carbonyl (C=O) groups is 1. The van der Waals surface area contributed by atoms with Crippen molar-refractivity contribution in [3.8, 4) is 11.8 Å². The fraction of sp³-hybridized carbons (Fsp3) is 0.625. The van der Waals surface area contributed by atoms with Crippen LogP contribution in [0.3, 0.4) is 0 Å². The number of carbonyl (C=O) groups excluding carboxylic acids is 1. The van der Waals surface area contributed by atoms with Crippen LogP contribution in [0.1, 0.15) is 19.8 Å². The van der Waals surface area contributed by atoms with Gasteiger partial charge in [-0.15, -0.1) is 5.92 Å². The number of rotatable bonds is 1. The summed E-state index contributed by atoms with van der Waals surface area (Å²) in [7, 11) is 0. The van der Waals surface area contributed by atoms with Gasteiger partial charge in [-0.1, -0.05) is 5.92 Å². The van der Waals surface area contributed by atoms with Gasteiger partial charge in [0.05, 0.1) is 6.04 Å². The highest BCUT2D eigenvalue weighted by atomic mass is 16.3. The standard InChI is InChI=1S/C8H11NO2/c1-2-3-7(10)6-4-5-8(11)9-6/h6-7,10H,4-5H2,1H3,(H,9,11). The van der Waals surface area contributed by atoms with Crippen molar-refractivity contribution in [1.29, 1.82) is 0 Å². The van der Waals surface area contributed by atoms with Crippen molar-refractivity contribution in [3.05, 3.63) is 0 Å². The Labute approximate surface area is 65.8 Å². The van der Waals surface area contributed by atoms with E-state index >= 15 is 0 Å². The number of amides is 1. The van der Waals surface area contributed by atoms with Gasteiger partial charge in [0.1, 0.15) is 6.10 Å². The van der Waals surface area contributed by atoms with Crippen LogP contribution in [0.2, 0.25) is 0 Å². The van der Waals surface area contributed by atoms with E-state index in [1.54, 1.807) is 6.92 Å². The highest BCUT2D eigenvalue weighted by Gasteiger charge is 2.25. The largest absolute Gasteiger partial charge is 0.378 e. The lowest BCUT2D eigenvalue weighted by Gasteiger charge is -2.11. The molecule has 1 fully saturated rings. The molecular formula is C8H11NO2. The molecule has 1 aliphatic heterocycles. The molecule has 11 heavy (non-hydrogen) atoms. The van der Waals surface area contributed by atoms with E-state index < -0.39 is 6.10 Å². The van der Waals surface area contributed by atoms with E-state index in [0.717, 1.165) is 0 Å². The molecule has 60 valence electrons. The van der Waals surface area contributed by atoms with Crippen LogP contribution in [0.4, 0.5) is 0 Å². The van der Waals surface area contributed by atoms with Crippen molar-refractivity contribution in [3.63, 3.8) is 0 Å². The monoisotopic (exact) mass is 153 g/mol. The van der Waals surface area contributed by atoms with Crippen LogP contribution in [0, 0.1) is 11.8 Å². The van der Waals surface area contributed by atoms with Crippen LogP contribution in [-0.2, 0) is 4.79 Å². The smallest absolute Gasteiger partial charge is 0.220 e. The Hall–Kier alpha value is -1.01. The first-order chi connectivity index (χ1) is 5.24. The Kier molecular flexibility index (Phi) is 2.50. The van der Waals surface area contributed by atoms with Crippen molar-refractivity contribution >= 4 is 5.91 Å². The summed E-state index contributed by atoms with van der Waals surface area (Å²) < 4.78 is 0. The zero-order chi connectivity index (χ0) is 8.27. The Bertz CT molecular complexity index is 214. The van der Waals surface area contributed by atoms with Crippen molar-refractivity contribution in [1.82, 2.24) is 5.32 Å². The second-order valence-corrected chi connectivity index (χ2v) is 2.55. The maximum atomic E-state index is 10.7. The summed E-state index contributed by atoms with van der Waals surface area (Å²) in [5, 5.41) is 11.9. The van der Waals surface area contributed by atoms with Crippen LogP contribution in [0.25, 0.3) is 0 Å². The Morgan fingerprint density at radius 3 is 3.00 bits per heavy atom. The summed E-state index contributed by atoms with van der Waals surface area (Å²) >= 11 is 0. The van der Waals surface area contributed by atoms with Gasteiger partial charge in [0.15, 0.2) is 0 Å². The lowest BCUT2D eigenvalue weighted by Crippen LogP contribution is -2.35. The van der Waals surface area contributed by atoms with Crippen molar-refractivity contribution in [2.75, 3.05) is 0 Å². The molecular weight excluding hydrogens is 142 g/mol. The van der Waals surface area contributed by atoms with E-state index in [4.69, 9.17) is 0 Å². The Morgan fingerprint density at radius 1 is 1.82 bits per heavy atom. The molecule has 2 unspecified atom stereocenters. The third kappa shape index (κ3) is 1.95. The molecule has 2 atom stereocenters. The first-order valence-electron chi connectivity index (χ1n) is 3.63. The molecule has 0 spiro atoms. The summed E-state index contributed by atoms with van der Waals surface area (Å²) in [5.41, 5.74) is 0. The minimum absolute atomic E-state index is 0.00644. The molecule has 0 radical (unpaired) electrons. The van der Waals surface area contributed by atoms with Gasteiger partial charge in [0.25, 0.3) is 0 Å². The minimum Gasteiger partial charge on any atom is -0.378 e. The van der Waals surface area contributed by atoms with Crippen LogP contribution in [-0.4, -0.2) is 23.2 Å². The summed E-state index contributed by atoms with van der Waals surface area (Å²) in [6.45, 7) is 1.67. The second-order valence-electron chi connectivity index (χ2n) is 2.55. The summed E-state index contributed by atoms with van der Waals surface area (Å²) in [4.78, 5) is 10.7.